The molecular weight excluding hydrogens is 354 g/mol. The average Bonchev–Trinajstić information content (AvgIpc) is 2.70. The third-order valence-electron chi connectivity index (χ3n) is 5.99. The molecule has 1 aliphatic rings. The molecule has 145 valence electrons. The van der Waals surface area contributed by atoms with E-state index in [9.17, 15) is 8.78 Å². The molecule has 0 atom stereocenters. The van der Waals surface area contributed by atoms with Crippen molar-refractivity contribution in [1.82, 2.24) is 0 Å². The molecule has 0 bridgehead atoms. The van der Waals surface area contributed by atoms with Crippen LogP contribution in [-0.2, 0) is 6.42 Å². The first-order chi connectivity index (χ1) is 13.2. The van der Waals surface area contributed by atoms with E-state index >= 15 is 0 Å². The third-order valence-corrected chi connectivity index (χ3v) is 9.05. The molecule has 0 aromatic heterocycles. The second kappa shape index (κ2) is 10.2. The molecule has 1 saturated heterocycles. The molecule has 0 unspecified atom stereocenters. The van der Waals surface area contributed by atoms with E-state index in [1.165, 1.54) is 74.4 Å². The number of rotatable bonds is 8. The van der Waals surface area contributed by atoms with Crippen molar-refractivity contribution >= 4 is 8.80 Å². The fourth-order valence-electron chi connectivity index (χ4n) is 4.16. The zero-order valence-corrected chi connectivity index (χ0v) is 17.4. The Morgan fingerprint density at radius 2 is 1.59 bits per heavy atom. The maximum absolute atomic E-state index is 13.4. The van der Waals surface area contributed by atoms with Gasteiger partial charge in [0, 0.05) is 8.80 Å². The van der Waals surface area contributed by atoms with Crippen molar-refractivity contribution in [3.05, 3.63) is 59.7 Å². The topological polar surface area (TPSA) is 0 Å². The highest BCUT2D eigenvalue weighted by Gasteiger charge is 2.21. The Kier molecular flexibility index (Phi) is 7.63. The molecule has 1 fully saturated rings. The van der Waals surface area contributed by atoms with E-state index in [1.54, 1.807) is 6.07 Å². The molecule has 0 spiro atoms. The minimum atomic E-state index is -0.794. The molecular formula is C24H31F2Si. The van der Waals surface area contributed by atoms with Gasteiger partial charge in [0.15, 0.2) is 11.6 Å². The first-order valence-corrected chi connectivity index (χ1v) is 12.7. The fourth-order valence-corrected chi connectivity index (χ4v) is 7.29. The largest absolute Gasteiger partial charge is 0.204 e. The summed E-state index contributed by atoms with van der Waals surface area (Å²) in [5.74, 6) is -0.682. The maximum atomic E-state index is 13.4. The van der Waals surface area contributed by atoms with Gasteiger partial charge in [-0.2, -0.15) is 0 Å². The van der Waals surface area contributed by atoms with Crippen molar-refractivity contribution in [2.45, 2.75) is 70.0 Å². The van der Waals surface area contributed by atoms with Gasteiger partial charge >= 0.3 is 0 Å². The van der Waals surface area contributed by atoms with Gasteiger partial charge in [0.2, 0.25) is 0 Å². The Balaban J connectivity index is 1.45. The van der Waals surface area contributed by atoms with Crippen molar-refractivity contribution in [2.24, 2.45) is 5.92 Å². The minimum Gasteiger partial charge on any atom is -0.204 e. The number of aryl methyl sites for hydroxylation is 1. The molecule has 1 aliphatic heterocycles. The van der Waals surface area contributed by atoms with Crippen molar-refractivity contribution in [1.29, 1.82) is 0 Å². The van der Waals surface area contributed by atoms with Crippen molar-refractivity contribution in [3.63, 3.8) is 0 Å². The van der Waals surface area contributed by atoms with Gasteiger partial charge in [-0.3, -0.25) is 0 Å². The van der Waals surface area contributed by atoms with Gasteiger partial charge in [0.1, 0.15) is 0 Å². The summed E-state index contributed by atoms with van der Waals surface area (Å²) in [4.78, 5) is 0. The lowest BCUT2D eigenvalue weighted by Crippen LogP contribution is -2.21. The van der Waals surface area contributed by atoms with Crippen LogP contribution in [0.25, 0.3) is 11.1 Å². The van der Waals surface area contributed by atoms with Crippen molar-refractivity contribution in [2.75, 3.05) is 0 Å². The molecule has 1 heterocycles. The minimum absolute atomic E-state index is 0.0347. The standard InChI is InChI=1S/C24H31F2Si/c1-2-3-4-15-27-16-13-20(14-17-27)6-5-19-7-9-21(10-8-19)22-11-12-23(25)24(26)18-22/h7-12,18,20H,2-6,13-17H2,1H3. The van der Waals surface area contributed by atoms with Crippen LogP contribution in [0.5, 0.6) is 0 Å². The Morgan fingerprint density at radius 3 is 2.26 bits per heavy atom. The van der Waals surface area contributed by atoms with E-state index < -0.39 is 11.6 Å². The van der Waals surface area contributed by atoms with E-state index in [1.807, 2.05) is 12.1 Å². The van der Waals surface area contributed by atoms with Gasteiger partial charge < -0.3 is 0 Å². The van der Waals surface area contributed by atoms with Crippen LogP contribution in [0.4, 0.5) is 8.78 Å². The highest BCUT2D eigenvalue weighted by Crippen LogP contribution is 2.31. The number of unbranched alkanes of at least 4 members (excludes halogenated alkanes) is 2. The summed E-state index contributed by atoms with van der Waals surface area (Å²) < 4.78 is 26.5. The fraction of sp³-hybridized carbons (Fsp3) is 0.500. The van der Waals surface area contributed by atoms with Gasteiger partial charge in [-0.15, -0.1) is 0 Å². The highest BCUT2D eigenvalue weighted by molar-refractivity contribution is 6.58. The van der Waals surface area contributed by atoms with Gasteiger partial charge in [0.25, 0.3) is 0 Å². The monoisotopic (exact) mass is 385 g/mol. The first kappa shape index (κ1) is 20.3. The summed E-state index contributed by atoms with van der Waals surface area (Å²) in [6.07, 6.45) is 9.50. The van der Waals surface area contributed by atoms with Crippen LogP contribution < -0.4 is 0 Å². The third kappa shape index (κ3) is 6.00. The predicted octanol–water partition coefficient (Wildman–Crippen LogP) is 7.66. The SMILES string of the molecule is CCCCC[Si]1CCC(CCc2ccc(-c3ccc(F)c(F)c3)cc2)CC1. The summed E-state index contributed by atoms with van der Waals surface area (Å²) in [5.41, 5.74) is 3.01. The molecule has 0 nitrogen and oxygen atoms in total. The summed E-state index contributed by atoms with van der Waals surface area (Å²) in [6.45, 7) is 2.29. The normalized spacial score (nSPS) is 16.0. The van der Waals surface area contributed by atoms with Crippen LogP contribution in [-0.4, -0.2) is 8.80 Å². The van der Waals surface area contributed by atoms with Gasteiger partial charge in [0.05, 0.1) is 0 Å². The van der Waals surface area contributed by atoms with Gasteiger partial charge in [-0.05, 0) is 47.6 Å². The quantitative estimate of drug-likeness (QED) is 0.323. The van der Waals surface area contributed by atoms with E-state index in [4.69, 9.17) is 0 Å². The molecule has 0 saturated carbocycles. The van der Waals surface area contributed by atoms with Crippen molar-refractivity contribution < 1.29 is 8.78 Å². The molecule has 0 N–H and O–H groups in total. The molecule has 0 amide bonds. The zero-order valence-electron chi connectivity index (χ0n) is 16.4. The summed E-state index contributed by atoms with van der Waals surface area (Å²) in [5, 5.41) is 0. The van der Waals surface area contributed by atoms with Crippen LogP contribution in [0.3, 0.4) is 0 Å². The average molecular weight is 386 g/mol. The van der Waals surface area contributed by atoms with Crippen LogP contribution in [0.1, 0.15) is 51.0 Å². The molecule has 27 heavy (non-hydrogen) atoms. The van der Waals surface area contributed by atoms with Crippen LogP contribution in [0.15, 0.2) is 42.5 Å². The van der Waals surface area contributed by atoms with Crippen LogP contribution in [0, 0.1) is 17.6 Å². The smallest absolute Gasteiger partial charge is 0.159 e. The first-order valence-electron chi connectivity index (χ1n) is 10.5. The number of hydrogen-bond donors (Lipinski definition) is 0. The molecule has 2 aromatic rings. The van der Waals surface area contributed by atoms with E-state index in [0.29, 0.717) is 0 Å². The molecule has 1 radical (unpaired) electrons. The second-order valence-corrected chi connectivity index (χ2v) is 11.0. The van der Waals surface area contributed by atoms with Crippen molar-refractivity contribution in [3.8, 4) is 11.1 Å². The Morgan fingerprint density at radius 1 is 0.889 bits per heavy atom. The van der Waals surface area contributed by atoms with Gasteiger partial charge in [-0.1, -0.05) is 87.5 Å². The Labute approximate surface area is 164 Å². The van der Waals surface area contributed by atoms with E-state index in [0.717, 1.165) is 23.5 Å². The lowest BCUT2D eigenvalue weighted by molar-refractivity contribution is 0.437. The van der Waals surface area contributed by atoms with Crippen LogP contribution in [0.2, 0.25) is 18.1 Å². The zero-order chi connectivity index (χ0) is 19.1. The summed E-state index contributed by atoms with van der Waals surface area (Å²) >= 11 is 0. The Bertz CT molecular complexity index is 703. The molecule has 2 aromatic carbocycles. The van der Waals surface area contributed by atoms with Crippen LogP contribution >= 0.6 is 0 Å². The number of halogens is 2. The maximum Gasteiger partial charge on any atom is 0.159 e. The summed E-state index contributed by atoms with van der Waals surface area (Å²) in [7, 11) is -0.0347. The second-order valence-electron chi connectivity index (χ2n) is 8.01. The molecule has 3 heteroatoms. The molecule has 0 aliphatic carbocycles. The highest BCUT2D eigenvalue weighted by atomic mass is 28.3. The van der Waals surface area contributed by atoms with E-state index in [-0.39, 0.29) is 8.80 Å². The van der Waals surface area contributed by atoms with Gasteiger partial charge in [-0.25, -0.2) is 8.78 Å². The lowest BCUT2D eigenvalue weighted by Gasteiger charge is -2.27. The molecule has 3 rings (SSSR count). The van der Waals surface area contributed by atoms with E-state index in [2.05, 4.69) is 19.1 Å². The predicted molar refractivity (Wildman–Crippen MR) is 113 cm³/mol. The lowest BCUT2D eigenvalue weighted by atomic mass is 9.93. The Hall–Kier alpha value is -1.48. The summed E-state index contributed by atoms with van der Waals surface area (Å²) in [6, 6.07) is 17.0. The number of hydrogen-bond acceptors (Lipinski definition) is 0. The number of benzene rings is 2.